The van der Waals surface area contributed by atoms with Crippen LogP contribution >= 0.6 is 0 Å². The second kappa shape index (κ2) is 3.74. The number of nitrogens with one attached hydrogen (secondary N) is 1. The summed E-state index contributed by atoms with van der Waals surface area (Å²) in [6, 6.07) is -0.278. The van der Waals surface area contributed by atoms with Crippen LogP contribution in [-0.2, 0) is 14.3 Å². The van der Waals surface area contributed by atoms with Gasteiger partial charge in [0.2, 0.25) is 5.91 Å². The number of esters is 1. The zero-order valence-electron chi connectivity index (χ0n) is 7.61. The minimum atomic E-state index is -0.719. The van der Waals surface area contributed by atoms with Gasteiger partial charge < -0.3 is 15.2 Å². The molecule has 5 nitrogen and oxygen atoms in total. The molecule has 1 saturated heterocycles. The first-order chi connectivity index (χ1) is 6.06. The predicted molar refractivity (Wildman–Crippen MR) is 43.7 cm³/mol. The third-order valence-electron chi connectivity index (χ3n) is 2.20. The van der Waals surface area contributed by atoms with Crippen LogP contribution in [0, 0.1) is 5.92 Å². The fourth-order valence-electron chi connectivity index (χ4n) is 1.45. The number of carbonyl (C=O) groups is 2. The van der Waals surface area contributed by atoms with Gasteiger partial charge in [-0.15, -0.1) is 0 Å². The van der Waals surface area contributed by atoms with Crippen molar-refractivity contribution in [3.8, 4) is 0 Å². The zero-order chi connectivity index (χ0) is 10.0. The quantitative estimate of drug-likeness (QED) is 0.441. The molecule has 0 bridgehead atoms. The largest absolute Gasteiger partial charge is 0.469 e. The van der Waals surface area contributed by atoms with Gasteiger partial charge in [0.1, 0.15) is 0 Å². The van der Waals surface area contributed by atoms with Gasteiger partial charge in [-0.25, -0.2) is 0 Å². The van der Waals surface area contributed by atoms with Crippen LogP contribution in [-0.4, -0.2) is 36.2 Å². The Kier molecular flexibility index (Phi) is 2.87. The number of rotatable bonds is 3. The molecule has 0 aliphatic carbocycles. The number of aliphatic hydroxyl groups is 1. The third-order valence-corrected chi connectivity index (χ3v) is 2.20. The molecule has 0 aromatic carbocycles. The highest BCUT2D eigenvalue weighted by Crippen LogP contribution is 2.21. The Bertz CT molecular complexity index is 226. The number of aliphatic hydroxyl groups excluding tert-OH is 1. The van der Waals surface area contributed by atoms with Crippen LogP contribution in [0.25, 0.3) is 0 Å². The summed E-state index contributed by atoms with van der Waals surface area (Å²) >= 11 is 0. The summed E-state index contributed by atoms with van der Waals surface area (Å²) < 4.78 is 4.45. The van der Waals surface area contributed by atoms with Crippen molar-refractivity contribution in [2.24, 2.45) is 5.92 Å². The SMILES string of the molecule is COC(=O)CC1NC(=O)C1C(C)O. The van der Waals surface area contributed by atoms with Gasteiger partial charge in [-0.05, 0) is 6.92 Å². The molecule has 1 fully saturated rings. The highest BCUT2D eigenvalue weighted by molar-refractivity contribution is 5.88. The van der Waals surface area contributed by atoms with E-state index in [2.05, 4.69) is 10.1 Å². The lowest BCUT2D eigenvalue weighted by Gasteiger charge is -2.37. The summed E-state index contributed by atoms with van der Waals surface area (Å²) in [6.45, 7) is 1.54. The van der Waals surface area contributed by atoms with E-state index in [0.29, 0.717) is 0 Å². The highest BCUT2D eigenvalue weighted by Gasteiger charge is 2.43. The van der Waals surface area contributed by atoms with Crippen molar-refractivity contribution >= 4 is 11.9 Å². The van der Waals surface area contributed by atoms with Crippen LogP contribution in [0.5, 0.6) is 0 Å². The summed E-state index contributed by atoms with van der Waals surface area (Å²) in [5, 5.41) is 11.7. The molecule has 0 radical (unpaired) electrons. The molecule has 1 aliphatic rings. The Morgan fingerprint density at radius 2 is 2.38 bits per heavy atom. The molecule has 3 unspecified atom stereocenters. The smallest absolute Gasteiger partial charge is 0.307 e. The van der Waals surface area contributed by atoms with E-state index < -0.39 is 12.0 Å². The van der Waals surface area contributed by atoms with Crippen molar-refractivity contribution in [1.82, 2.24) is 5.32 Å². The van der Waals surface area contributed by atoms with Crippen LogP contribution in [0.2, 0.25) is 0 Å². The van der Waals surface area contributed by atoms with Crippen molar-refractivity contribution in [1.29, 1.82) is 0 Å². The lowest BCUT2D eigenvalue weighted by molar-refractivity contribution is -0.148. The van der Waals surface area contributed by atoms with Crippen molar-refractivity contribution in [2.75, 3.05) is 7.11 Å². The summed E-state index contributed by atoms with van der Waals surface area (Å²) in [5.74, 6) is -1.06. The first-order valence-corrected chi connectivity index (χ1v) is 4.11. The van der Waals surface area contributed by atoms with Gasteiger partial charge >= 0.3 is 5.97 Å². The monoisotopic (exact) mass is 187 g/mol. The summed E-state index contributed by atoms with van der Waals surface area (Å²) in [5.41, 5.74) is 0. The average molecular weight is 187 g/mol. The normalized spacial score (nSPS) is 28.7. The van der Waals surface area contributed by atoms with Gasteiger partial charge in [-0.1, -0.05) is 0 Å². The first kappa shape index (κ1) is 9.98. The summed E-state index contributed by atoms with van der Waals surface area (Å²) in [6.07, 6.45) is -0.596. The molecule has 0 spiro atoms. The molecule has 0 aromatic heterocycles. The van der Waals surface area contributed by atoms with Crippen LogP contribution in [0.15, 0.2) is 0 Å². The lowest BCUT2D eigenvalue weighted by Crippen LogP contribution is -2.62. The van der Waals surface area contributed by atoms with Gasteiger partial charge in [0.05, 0.1) is 31.6 Å². The molecule has 1 heterocycles. The Labute approximate surface area is 76.1 Å². The third kappa shape index (κ3) is 1.98. The minimum absolute atomic E-state index is 0.123. The van der Waals surface area contributed by atoms with E-state index in [0.717, 1.165) is 0 Å². The van der Waals surface area contributed by atoms with E-state index in [-0.39, 0.29) is 24.3 Å². The topological polar surface area (TPSA) is 75.6 Å². The molecule has 13 heavy (non-hydrogen) atoms. The number of ether oxygens (including phenoxy) is 1. The lowest BCUT2D eigenvalue weighted by atomic mass is 9.84. The van der Waals surface area contributed by atoms with Crippen LogP contribution in [0.3, 0.4) is 0 Å². The van der Waals surface area contributed by atoms with Crippen molar-refractivity contribution in [3.63, 3.8) is 0 Å². The second-order valence-corrected chi connectivity index (χ2v) is 3.16. The Hall–Kier alpha value is -1.10. The van der Waals surface area contributed by atoms with Gasteiger partial charge in [0, 0.05) is 0 Å². The summed E-state index contributed by atoms with van der Waals surface area (Å²) in [7, 11) is 1.29. The van der Waals surface area contributed by atoms with Crippen molar-refractivity contribution in [2.45, 2.75) is 25.5 Å². The van der Waals surface area contributed by atoms with E-state index in [1.807, 2.05) is 0 Å². The average Bonchev–Trinajstić information content (AvgIpc) is 2.01. The Morgan fingerprint density at radius 1 is 1.77 bits per heavy atom. The number of methoxy groups -OCH3 is 1. The van der Waals surface area contributed by atoms with Crippen LogP contribution < -0.4 is 5.32 Å². The zero-order valence-corrected chi connectivity index (χ0v) is 7.61. The maximum atomic E-state index is 10.9. The Balaban J connectivity index is 2.45. The summed E-state index contributed by atoms with van der Waals surface area (Å²) in [4.78, 5) is 21.8. The van der Waals surface area contributed by atoms with E-state index >= 15 is 0 Å². The minimum Gasteiger partial charge on any atom is -0.469 e. The molecular formula is C8H13NO4. The molecule has 1 amide bonds. The predicted octanol–water partition coefficient (Wildman–Crippen LogP) is -0.955. The maximum absolute atomic E-state index is 10.9. The van der Waals surface area contributed by atoms with Gasteiger partial charge in [-0.3, -0.25) is 9.59 Å². The first-order valence-electron chi connectivity index (χ1n) is 4.11. The van der Waals surface area contributed by atoms with Crippen LogP contribution in [0.1, 0.15) is 13.3 Å². The fourth-order valence-corrected chi connectivity index (χ4v) is 1.45. The van der Waals surface area contributed by atoms with E-state index in [1.165, 1.54) is 14.0 Å². The number of hydrogen-bond acceptors (Lipinski definition) is 4. The Morgan fingerprint density at radius 3 is 2.77 bits per heavy atom. The van der Waals surface area contributed by atoms with Crippen LogP contribution in [0.4, 0.5) is 0 Å². The molecule has 3 atom stereocenters. The number of carbonyl (C=O) groups excluding carboxylic acids is 2. The molecule has 5 heteroatoms. The maximum Gasteiger partial charge on any atom is 0.307 e. The number of amides is 1. The molecule has 1 aliphatic heterocycles. The highest BCUT2D eigenvalue weighted by atomic mass is 16.5. The van der Waals surface area contributed by atoms with E-state index in [4.69, 9.17) is 0 Å². The molecule has 2 N–H and O–H groups in total. The molecule has 74 valence electrons. The fraction of sp³-hybridized carbons (Fsp3) is 0.750. The number of hydrogen-bond donors (Lipinski definition) is 2. The second-order valence-electron chi connectivity index (χ2n) is 3.16. The van der Waals surface area contributed by atoms with E-state index in [1.54, 1.807) is 0 Å². The molecular weight excluding hydrogens is 174 g/mol. The van der Waals surface area contributed by atoms with E-state index in [9.17, 15) is 14.7 Å². The van der Waals surface area contributed by atoms with Gasteiger partial charge in [0.15, 0.2) is 0 Å². The number of β-lactam (4-membered cyclic amide) rings is 1. The molecule has 0 aromatic rings. The molecule has 1 rings (SSSR count). The standard InChI is InChI=1S/C8H13NO4/c1-4(10)7-5(9-8(7)12)3-6(11)13-2/h4-5,7,10H,3H2,1-2H3,(H,9,12). The molecule has 0 saturated carbocycles. The van der Waals surface area contributed by atoms with Crippen molar-refractivity contribution in [3.05, 3.63) is 0 Å². The van der Waals surface area contributed by atoms with Crippen molar-refractivity contribution < 1.29 is 19.4 Å². The van der Waals surface area contributed by atoms with Gasteiger partial charge in [0.25, 0.3) is 0 Å². The van der Waals surface area contributed by atoms with Gasteiger partial charge in [-0.2, -0.15) is 0 Å².